The number of likely N-dealkylation sites (N-methyl/N-ethyl adjacent to an activating group) is 1. The minimum atomic E-state index is -3.73. The molecule has 0 bridgehead atoms. The number of hydrogen-bond donors (Lipinski definition) is 2. The molecule has 1 aromatic heterocycles. The van der Waals surface area contributed by atoms with E-state index in [9.17, 15) is 13.2 Å². The molecule has 2 aromatic rings. The van der Waals surface area contributed by atoms with E-state index < -0.39 is 15.9 Å². The van der Waals surface area contributed by atoms with Crippen molar-refractivity contribution in [3.8, 4) is 0 Å². The number of ether oxygens (including phenoxy) is 1. The maximum atomic E-state index is 12.7. The van der Waals surface area contributed by atoms with Gasteiger partial charge in [0, 0.05) is 44.9 Å². The van der Waals surface area contributed by atoms with Crippen LogP contribution in [0.2, 0.25) is 0 Å². The summed E-state index contributed by atoms with van der Waals surface area (Å²) >= 11 is 0. The maximum absolute atomic E-state index is 12.7. The molecule has 2 saturated heterocycles. The molecule has 0 radical (unpaired) electrons. The van der Waals surface area contributed by atoms with Crippen LogP contribution in [0.3, 0.4) is 0 Å². The van der Waals surface area contributed by atoms with Gasteiger partial charge in [0.25, 0.3) is 5.91 Å². The van der Waals surface area contributed by atoms with Crippen molar-refractivity contribution < 1.29 is 17.9 Å². The predicted octanol–water partition coefficient (Wildman–Crippen LogP) is 1.54. The molecule has 1 atom stereocenters. The normalized spacial score (nSPS) is 19.8. The summed E-state index contributed by atoms with van der Waals surface area (Å²) in [5.74, 6) is 0.483. The van der Waals surface area contributed by atoms with Crippen molar-refractivity contribution in [1.29, 1.82) is 0 Å². The number of rotatable bonds is 7. The number of nitrogens with zero attached hydrogens (tertiary/aromatic N) is 3. The monoisotopic (exact) mass is 459 g/mol. The topological polar surface area (TPSA) is 104 Å². The Labute approximate surface area is 188 Å². The number of carbonyl (C=O) groups is 1. The summed E-state index contributed by atoms with van der Waals surface area (Å²) in [7, 11) is -1.63. The SMILES string of the molecule is CN1CCN(c2ccc(NC(=O)c3cccc(S(=O)(=O)NCC4CCCO4)c3)cn2)CC1. The van der Waals surface area contributed by atoms with Crippen molar-refractivity contribution >= 4 is 27.4 Å². The lowest BCUT2D eigenvalue weighted by Gasteiger charge is -2.33. The van der Waals surface area contributed by atoms with Crippen molar-refractivity contribution in [2.45, 2.75) is 23.8 Å². The van der Waals surface area contributed by atoms with Crippen molar-refractivity contribution in [2.75, 3.05) is 56.6 Å². The van der Waals surface area contributed by atoms with Crippen LogP contribution in [0.1, 0.15) is 23.2 Å². The molecule has 0 aliphatic carbocycles. The standard InChI is InChI=1S/C22H29N5O4S/c1-26-9-11-27(12-10-26)21-8-7-18(15-23-21)25-22(28)17-4-2-6-20(14-17)32(29,30)24-16-19-5-3-13-31-19/h2,4,6-8,14-15,19,24H,3,5,9-13,16H2,1H3,(H,25,28). The van der Waals surface area contributed by atoms with Gasteiger partial charge in [-0.15, -0.1) is 0 Å². The number of benzene rings is 1. The highest BCUT2D eigenvalue weighted by Gasteiger charge is 2.21. The Morgan fingerprint density at radius 2 is 2.00 bits per heavy atom. The third kappa shape index (κ3) is 5.63. The Kier molecular flexibility index (Phi) is 7.04. The van der Waals surface area contributed by atoms with E-state index in [1.54, 1.807) is 18.3 Å². The van der Waals surface area contributed by atoms with Crippen molar-refractivity contribution in [1.82, 2.24) is 14.6 Å². The second-order valence-corrected chi connectivity index (χ2v) is 9.93. The summed E-state index contributed by atoms with van der Waals surface area (Å²) in [5, 5.41) is 2.79. The average molecular weight is 460 g/mol. The van der Waals surface area contributed by atoms with E-state index in [0.29, 0.717) is 12.3 Å². The van der Waals surface area contributed by atoms with Crippen LogP contribution < -0.4 is 14.9 Å². The second kappa shape index (κ2) is 9.95. The maximum Gasteiger partial charge on any atom is 0.255 e. The first-order chi connectivity index (χ1) is 15.4. The molecule has 0 saturated carbocycles. The van der Waals surface area contributed by atoms with Gasteiger partial charge in [-0.1, -0.05) is 6.07 Å². The number of anilines is 2. The van der Waals surface area contributed by atoms with Crippen LogP contribution >= 0.6 is 0 Å². The molecule has 1 amide bonds. The highest BCUT2D eigenvalue weighted by atomic mass is 32.2. The highest BCUT2D eigenvalue weighted by molar-refractivity contribution is 7.89. The first-order valence-corrected chi connectivity index (χ1v) is 12.3. The number of piperazine rings is 1. The predicted molar refractivity (Wildman–Crippen MR) is 123 cm³/mol. The summed E-state index contributed by atoms with van der Waals surface area (Å²) in [6.07, 6.45) is 3.30. The lowest BCUT2D eigenvalue weighted by atomic mass is 10.2. The third-order valence-corrected chi connectivity index (χ3v) is 7.19. The molecule has 4 rings (SSSR count). The van der Waals surface area contributed by atoms with Crippen LogP contribution in [0, 0.1) is 0 Å². The number of nitrogens with one attached hydrogen (secondary N) is 2. The summed E-state index contributed by atoms with van der Waals surface area (Å²) in [6, 6.07) is 9.68. The van der Waals surface area contributed by atoms with Gasteiger partial charge >= 0.3 is 0 Å². The van der Waals surface area contributed by atoms with Gasteiger partial charge in [-0.05, 0) is 50.2 Å². The minimum absolute atomic E-state index is 0.0479. The van der Waals surface area contributed by atoms with Crippen LogP contribution in [0.25, 0.3) is 0 Å². The van der Waals surface area contributed by atoms with Gasteiger partial charge < -0.3 is 19.9 Å². The number of carbonyl (C=O) groups excluding carboxylic acids is 1. The molecule has 32 heavy (non-hydrogen) atoms. The Balaban J connectivity index is 1.38. The Hall–Kier alpha value is -2.53. The molecular weight excluding hydrogens is 430 g/mol. The van der Waals surface area contributed by atoms with Crippen molar-refractivity contribution in [3.63, 3.8) is 0 Å². The molecule has 2 aliphatic heterocycles. The van der Waals surface area contributed by atoms with E-state index in [0.717, 1.165) is 44.8 Å². The molecule has 1 unspecified atom stereocenters. The molecule has 172 valence electrons. The summed E-state index contributed by atoms with van der Waals surface area (Å²) in [4.78, 5) is 21.7. The second-order valence-electron chi connectivity index (χ2n) is 8.16. The molecule has 10 heteroatoms. The molecule has 3 heterocycles. The number of pyridine rings is 1. The van der Waals surface area contributed by atoms with Gasteiger partial charge in [-0.3, -0.25) is 4.79 Å². The van der Waals surface area contributed by atoms with E-state index in [1.165, 1.54) is 12.1 Å². The van der Waals surface area contributed by atoms with E-state index in [1.807, 2.05) is 12.1 Å². The molecule has 2 fully saturated rings. The van der Waals surface area contributed by atoms with E-state index in [-0.39, 0.29) is 23.1 Å². The minimum Gasteiger partial charge on any atom is -0.377 e. The van der Waals surface area contributed by atoms with Gasteiger partial charge in [0.15, 0.2) is 0 Å². The zero-order chi connectivity index (χ0) is 22.6. The molecule has 9 nitrogen and oxygen atoms in total. The summed E-state index contributed by atoms with van der Waals surface area (Å²) in [5.41, 5.74) is 0.811. The van der Waals surface area contributed by atoms with Gasteiger partial charge in [0.05, 0.1) is 22.9 Å². The average Bonchev–Trinajstić information content (AvgIpc) is 3.33. The van der Waals surface area contributed by atoms with Crippen LogP contribution in [-0.2, 0) is 14.8 Å². The fourth-order valence-corrected chi connectivity index (χ4v) is 4.89. The molecule has 2 N–H and O–H groups in total. The van der Waals surface area contributed by atoms with E-state index in [2.05, 4.69) is 31.9 Å². The summed E-state index contributed by atoms with van der Waals surface area (Å²) < 4.78 is 33.3. The molecular formula is C22H29N5O4S. The molecule has 2 aliphatic rings. The van der Waals surface area contributed by atoms with Crippen LogP contribution in [-0.4, -0.2) is 76.7 Å². The molecule has 0 spiro atoms. The lowest BCUT2D eigenvalue weighted by Crippen LogP contribution is -2.44. The van der Waals surface area contributed by atoms with Gasteiger partial charge in [-0.25, -0.2) is 18.1 Å². The first kappa shape index (κ1) is 22.7. The fourth-order valence-electron chi connectivity index (χ4n) is 3.78. The Bertz CT molecular complexity index is 1030. The largest absolute Gasteiger partial charge is 0.377 e. The first-order valence-electron chi connectivity index (χ1n) is 10.8. The Morgan fingerprint density at radius 1 is 1.19 bits per heavy atom. The zero-order valence-electron chi connectivity index (χ0n) is 18.2. The Morgan fingerprint density at radius 3 is 2.69 bits per heavy atom. The fraction of sp³-hybridized carbons (Fsp3) is 0.455. The quantitative estimate of drug-likeness (QED) is 0.647. The summed E-state index contributed by atoms with van der Waals surface area (Å²) in [6.45, 7) is 4.69. The number of sulfonamides is 1. The third-order valence-electron chi connectivity index (χ3n) is 5.76. The van der Waals surface area contributed by atoms with Crippen LogP contribution in [0.15, 0.2) is 47.5 Å². The van der Waals surface area contributed by atoms with Crippen LogP contribution in [0.5, 0.6) is 0 Å². The highest BCUT2D eigenvalue weighted by Crippen LogP contribution is 2.18. The molecule has 1 aromatic carbocycles. The van der Waals surface area contributed by atoms with Gasteiger partial charge in [0.1, 0.15) is 5.82 Å². The van der Waals surface area contributed by atoms with Gasteiger partial charge in [-0.2, -0.15) is 0 Å². The number of amides is 1. The number of aromatic nitrogens is 1. The van der Waals surface area contributed by atoms with E-state index in [4.69, 9.17) is 4.74 Å². The smallest absolute Gasteiger partial charge is 0.255 e. The van der Waals surface area contributed by atoms with Crippen molar-refractivity contribution in [3.05, 3.63) is 48.2 Å². The van der Waals surface area contributed by atoms with E-state index >= 15 is 0 Å². The van der Waals surface area contributed by atoms with Gasteiger partial charge in [0.2, 0.25) is 10.0 Å². The number of hydrogen-bond acceptors (Lipinski definition) is 7. The lowest BCUT2D eigenvalue weighted by molar-refractivity contribution is 0.102. The van der Waals surface area contributed by atoms with Crippen molar-refractivity contribution in [2.24, 2.45) is 0 Å². The van der Waals surface area contributed by atoms with Crippen LogP contribution in [0.4, 0.5) is 11.5 Å². The zero-order valence-corrected chi connectivity index (χ0v) is 19.0.